The van der Waals surface area contributed by atoms with Crippen molar-refractivity contribution in [1.82, 2.24) is 4.57 Å². The zero-order valence-electron chi connectivity index (χ0n) is 6.44. The molecule has 1 heterocycles. The van der Waals surface area contributed by atoms with Gasteiger partial charge in [-0.2, -0.15) is 0 Å². The number of carbonyl (C=O) groups excluding carboxylic acids is 1. The van der Waals surface area contributed by atoms with Gasteiger partial charge >= 0.3 is 5.97 Å². The van der Waals surface area contributed by atoms with Gasteiger partial charge in [-0.25, -0.2) is 4.79 Å². The smallest absolute Gasteiger partial charge is 0.339 e. The number of anilines is 1. The lowest BCUT2D eigenvalue weighted by atomic mass is 10.3. The van der Waals surface area contributed by atoms with Gasteiger partial charge in [-0.05, 0) is 6.07 Å². The van der Waals surface area contributed by atoms with Crippen LogP contribution in [0.1, 0.15) is 22.1 Å². The monoisotopic (exact) mass is 168 g/mol. The molecule has 0 aliphatic heterocycles. The summed E-state index contributed by atoms with van der Waals surface area (Å²) in [5.74, 6) is -1.47. The molecule has 0 aliphatic rings. The second kappa shape index (κ2) is 2.69. The van der Waals surface area contributed by atoms with Crippen LogP contribution in [0.4, 0.5) is 5.82 Å². The molecule has 0 aromatic carbocycles. The van der Waals surface area contributed by atoms with Gasteiger partial charge in [-0.3, -0.25) is 9.36 Å². The molecule has 0 radical (unpaired) electrons. The van der Waals surface area contributed by atoms with Crippen molar-refractivity contribution in [2.45, 2.75) is 6.92 Å². The van der Waals surface area contributed by atoms with E-state index in [2.05, 4.69) is 0 Å². The molecule has 0 saturated carbocycles. The molecule has 1 aromatic heterocycles. The van der Waals surface area contributed by atoms with Crippen molar-refractivity contribution in [1.29, 1.82) is 0 Å². The molecule has 1 aromatic rings. The molecule has 0 aliphatic carbocycles. The van der Waals surface area contributed by atoms with Crippen LogP contribution >= 0.6 is 0 Å². The Bertz CT molecular complexity index is 309. The Labute approximate surface area is 68.4 Å². The molecule has 1 rings (SSSR count). The Balaban J connectivity index is 3.22. The van der Waals surface area contributed by atoms with E-state index in [1.807, 2.05) is 0 Å². The van der Waals surface area contributed by atoms with Gasteiger partial charge in [0.1, 0.15) is 11.4 Å². The minimum atomic E-state index is -1.13. The lowest BCUT2D eigenvalue weighted by Gasteiger charge is -1.98. The van der Waals surface area contributed by atoms with E-state index >= 15 is 0 Å². The average Bonchev–Trinajstić information content (AvgIpc) is 2.30. The van der Waals surface area contributed by atoms with Crippen LogP contribution in [0.3, 0.4) is 0 Å². The Morgan fingerprint density at radius 1 is 1.58 bits per heavy atom. The molecule has 0 spiro atoms. The number of hydrogen-bond donors (Lipinski definition) is 2. The number of carboxylic acid groups (broad SMARTS) is 1. The summed E-state index contributed by atoms with van der Waals surface area (Å²) in [5, 5.41) is 8.56. The molecule has 0 unspecified atom stereocenters. The topological polar surface area (TPSA) is 85.3 Å². The fourth-order valence-corrected chi connectivity index (χ4v) is 0.900. The molecular formula is C7H8N2O3. The molecule has 0 saturated heterocycles. The third-order valence-corrected chi connectivity index (χ3v) is 1.50. The Hall–Kier alpha value is -1.78. The van der Waals surface area contributed by atoms with Crippen LogP contribution < -0.4 is 5.73 Å². The average molecular weight is 168 g/mol. The van der Waals surface area contributed by atoms with E-state index in [1.165, 1.54) is 19.2 Å². The van der Waals surface area contributed by atoms with Crippen LogP contribution in [0.15, 0.2) is 12.3 Å². The maximum absolute atomic E-state index is 10.8. The lowest BCUT2D eigenvalue weighted by Crippen LogP contribution is -2.10. The molecule has 0 atom stereocenters. The van der Waals surface area contributed by atoms with Crippen LogP contribution in [-0.2, 0) is 0 Å². The van der Waals surface area contributed by atoms with Gasteiger partial charge in [-0.1, -0.05) is 0 Å². The van der Waals surface area contributed by atoms with Crippen LogP contribution in [0.5, 0.6) is 0 Å². The largest absolute Gasteiger partial charge is 0.478 e. The first kappa shape index (κ1) is 8.32. The van der Waals surface area contributed by atoms with Gasteiger partial charge in [0, 0.05) is 13.1 Å². The van der Waals surface area contributed by atoms with E-state index in [4.69, 9.17) is 10.8 Å². The van der Waals surface area contributed by atoms with Crippen molar-refractivity contribution >= 4 is 17.7 Å². The van der Waals surface area contributed by atoms with Crippen molar-refractivity contribution in [3.63, 3.8) is 0 Å². The number of aromatic nitrogens is 1. The fourth-order valence-electron chi connectivity index (χ4n) is 0.900. The second-order valence-electron chi connectivity index (χ2n) is 2.31. The number of nitrogen functional groups attached to an aromatic ring is 1. The van der Waals surface area contributed by atoms with E-state index in [0.29, 0.717) is 0 Å². The van der Waals surface area contributed by atoms with Gasteiger partial charge in [0.05, 0.1) is 0 Å². The Morgan fingerprint density at radius 2 is 2.17 bits per heavy atom. The fraction of sp³-hybridized carbons (Fsp3) is 0.143. The number of hydrogen-bond acceptors (Lipinski definition) is 3. The number of carboxylic acids is 1. The number of nitrogens with two attached hydrogens (primary N) is 1. The van der Waals surface area contributed by atoms with Crippen LogP contribution in [-0.4, -0.2) is 21.6 Å². The summed E-state index contributed by atoms with van der Waals surface area (Å²) in [6.45, 7) is 1.31. The van der Waals surface area contributed by atoms with Gasteiger partial charge in [0.2, 0.25) is 5.91 Å². The summed E-state index contributed by atoms with van der Waals surface area (Å²) >= 11 is 0. The highest BCUT2D eigenvalue weighted by Gasteiger charge is 2.13. The van der Waals surface area contributed by atoms with Gasteiger partial charge in [-0.15, -0.1) is 0 Å². The van der Waals surface area contributed by atoms with Crippen molar-refractivity contribution < 1.29 is 14.7 Å². The first-order valence-corrected chi connectivity index (χ1v) is 3.25. The molecule has 3 N–H and O–H groups in total. The van der Waals surface area contributed by atoms with E-state index in [-0.39, 0.29) is 17.3 Å². The maximum atomic E-state index is 10.8. The number of carbonyl (C=O) groups is 2. The minimum absolute atomic E-state index is 0.0324. The van der Waals surface area contributed by atoms with Crippen molar-refractivity contribution in [3.05, 3.63) is 17.8 Å². The summed E-state index contributed by atoms with van der Waals surface area (Å²) in [6.07, 6.45) is 1.33. The van der Waals surface area contributed by atoms with Crippen LogP contribution in [0, 0.1) is 0 Å². The van der Waals surface area contributed by atoms with E-state index < -0.39 is 5.97 Å². The summed E-state index contributed by atoms with van der Waals surface area (Å²) in [4.78, 5) is 21.2. The first-order valence-electron chi connectivity index (χ1n) is 3.25. The molecule has 5 heteroatoms. The van der Waals surface area contributed by atoms with Crippen molar-refractivity contribution in [2.75, 3.05) is 5.73 Å². The lowest BCUT2D eigenvalue weighted by molar-refractivity contribution is 0.0698. The number of nitrogens with zero attached hydrogens (tertiary/aromatic N) is 1. The van der Waals surface area contributed by atoms with Crippen molar-refractivity contribution in [3.8, 4) is 0 Å². The highest BCUT2D eigenvalue weighted by atomic mass is 16.4. The van der Waals surface area contributed by atoms with Crippen LogP contribution in [0.2, 0.25) is 0 Å². The molecule has 0 amide bonds. The first-order chi connectivity index (χ1) is 5.54. The maximum Gasteiger partial charge on any atom is 0.339 e. The molecule has 5 nitrogen and oxygen atoms in total. The van der Waals surface area contributed by atoms with Gasteiger partial charge < -0.3 is 10.8 Å². The predicted molar refractivity (Wildman–Crippen MR) is 42.1 cm³/mol. The number of rotatable bonds is 1. The summed E-state index contributed by atoms with van der Waals surface area (Å²) in [6, 6.07) is 1.29. The molecule has 12 heavy (non-hydrogen) atoms. The third kappa shape index (κ3) is 1.16. The van der Waals surface area contributed by atoms with Gasteiger partial charge in [0.15, 0.2) is 0 Å². The molecule has 0 fully saturated rings. The standard InChI is InChI=1S/C7H8N2O3/c1-4(10)9-3-2-5(6(9)8)7(11)12/h2-3H,8H2,1H3,(H,11,12). The van der Waals surface area contributed by atoms with E-state index in [9.17, 15) is 9.59 Å². The summed E-state index contributed by atoms with van der Waals surface area (Å²) in [5.41, 5.74) is 5.32. The summed E-state index contributed by atoms with van der Waals surface area (Å²) in [7, 11) is 0. The van der Waals surface area contributed by atoms with Crippen molar-refractivity contribution in [2.24, 2.45) is 0 Å². The van der Waals surface area contributed by atoms with Crippen LogP contribution in [0.25, 0.3) is 0 Å². The van der Waals surface area contributed by atoms with E-state index in [1.54, 1.807) is 0 Å². The second-order valence-corrected chi connectivity index (χ2v) is 2.31. The molecule has 0 bridgehead atoms. The zero-order valence-corrected chi connectivity index (χ0v) is 6.44. The molecule has 64 valence electrons. The Kier molecular flexibility index (Phi) is 1.86. The minimum Gasteiger partial charge on any atom is -0.478 e. The predicted octanol–water partition coefficient (Wildman–Crippen LogP) is 0.429. The highest BCUT2D eigenvalue weighted by molar-refractivity contribution is 5.95. The van der Waals surface area contributed by atoms with Gasteiger partial charge in [0.25, 0.3) is 0 Å². The summed E-state index contributed by atoms with van der Waals surface area (Å²) < 4.78 is 1.09. The molecular weight excluding hydrogens is 160 g/mol. The quantitative estimate of drug-likeness (QED) is 0.636. The zero-order chi connectivity index (χ0) is 9.30. The Morgan fingerprint density at radius 3 is 2.42 bits per heavy atom. The number of aromatic carboxylic acids is 1. The van der Waals surface area contributed by atoms with E-state index in [0.717, 1.165) is 4.57 Å². The SMILES string of the molecule is CC(=O)n1ccc(C(=O)O)c1N. The third-order valence-electron chi connectivity index (χ3n) is 1.50. The highest BCUT2D eigenvalue weighted by Crippen LogP contribution is 2.12. The normalized spacial score (nSPS) is 9.75.